The number of rotatable bonds is 11. The highest BCUT2D eigenvalue weighted by molar-refractivity contribution is 6.21. The summed E-state index contributed by atoms with van der Waals surface area (Å²) in [6, 6.07) is 10.5. The Bertz CT molecular complexity index is 1120. The van der Waals surface area contributed by atoms with Crippen LogP contribution in [0.3, 0.4) is 0 Å². The van der Waals surface area contributed by atoms with E-state index in [9.17, 15) is 14.5 Å². The molecule has 0 unspecified atom stereocenters. The lowest BCUT2D eigenvalue weighted by molar-refractivity contribution is -0.124. The van der Waals surface area contributed by atoms with Gasteiger partial charge in [-0.15, -0.1) is 4.91 Å². The predicted octanol–water partition coefficient (Wildman–Crippen LogP) is 6.76. The van der Waals surface area contributed by atoms with Gasteiger partial charge in [0.1, 0.15) is 18.0 Å². The van der Waals surface area contributed by atoms with Crippen LogP contribution in [0.15, 0.2) is 59.3 Å². The molecule has 36 heavy (non-hydrogen) atoms. The normalized spacial score (nSPS) is 11.3. The van der Waals surface area contributed by atoms with Gasteiger partial charge in [-0.3, -0.25) is 9.59 Å². The Kier molecular flexibility index (Phi) is 12.9. The van der Waals surface area contributed by atoms with Gasteiger partial charge in [-0.25, -0.2) is 0 Å². The Balaban J connectivity index is 0.00000316. The Morgan fingerprint density at radius 2 is 1.72 bits per heavy atom. The van der Waals surface area contributed by atoms with Crippen LogP contribution in [0.5, 0.6) is 5.75 Å². The first-order valence-electron chi connectivity index (χ1n) is 12.4. The zero-order chi connectivity index (χ0) is 27.3. The van der Waals surface area contributed by atoms with Crippen LogP contribution in [-0.2, 0) is 16.2 Å². The monoisotopic (exact) mass is 493 g/mol. The molecule has 0 aliphatic heterocycles. The van der Waals surface area contributed by atoms with Gasteiger partial charge < -0.3 is 15.4 Å². The van der Waals surface area contributed by atoms with Gasteiger partial charge in [-0.1, -0.05) is 39.0 Å². The van der Waals surface area contributed by atoms with Crippen molar-refractivity contribution >= 4 is 28.6 Å². The van der Waals surface area contributed by atoms with Crippen LogP contribution in [0.1, 0.15) is 64.7 Å². The van der Waals surface area contributed by atoms with Gasteiger partial charge in [0.15, 0.2) is 5.78 Å². The average molecular weight is 494 g/mol. The number of hydrogen-bond donors (Lipinski definition) is 1. The molecule has 0 atom stereocenters. The minimum atomic E-state index is -0.145. The number of nitrogens with two attached hydrogens (primary N) is 1. The van der Waals surface area contributed by atoms with Crippen molar-refractivity contribution in [1.82, 2.24) is 4.90 Å². The molecule has 0 radical (unpaired) electrons. The largest absolute Gasteiger partial charge is 0.489 e. The van der Waals surface area contributed by atoms with E-state index in [2.05, 4.69) is 5.18 Å². The summed E-state index contributed by atoms with van der Waals surface area (Å²) < 4.78 is 5.95. The maximum atomic E-state index is 13.4. The van der Waals surface area contributed by atoms with Crippen molar-refractivity contribution in [2.75, 3.05) is 18.8 Å². The van der Waals surface area contributed by atoms with E-state index in [1.807, 2.05) is 65.8 Å². The molecular weight excluding hydrogens is 454 g/mol. The van der Waals surface area contributed by atoms with Crippen LogP contribution in [0.4, 0.5) is 11.4 Å². The van der Waals surface area contributed by atoms with Crippen molar-refractivity contribution in [3.63, 3.8) is 0 Å². The summed E-state index contributed by atoms with van der Waals surface area (Å²) in [5.74, 6) is 0.313. The van der Waals surface area contributed by atoms with Gasteiger partial charge in [0.05, 0.1) is 5.69 Å². The lowest BCUT2D eigenvalue weighted by Crippen LogP contribution is -2.31. The number of likely N-dealkylation sites (N-methyl/N-ethyl adjacent to an activating group) is 1. The lowest BCUT2D eigenvalue weighted by Gasteiger charge is -2.22. The van der Waals surface area contributed by atoms with Crippen molar-refractivity contribution in [2.45, 2.75) is 61.5 Å². The molecule has 0 aliphatic carbocycles. The van der Waals surface area contributed by atoms with E-state index in [0.717, 1.165) is 11.1 Å². The summed E-state index contributed by atoms with van der Waals surface area (Å²) in [5, 5.41) is 2.93. The molecule has 1 amide bonds. The van der Waals surface area contributed by atoms with Gasteiger partial charge >= 0.3 is 0 Å². The quantitative estimate of drug-likeness (QED) is 0.161. The van der Waals surface area contributed by atoms with Crippen molar-refractivity contribution in [3.8, 4) is 5.75 Å². The number of hydrogen-bond acceptors (Lipinski definition) is 6. The molecule has 0 aliphatic rings. The Labute approximate surface area is 215 Å². The SMILES string of the molecule is CC.CC/C=C(/C=C(/C(=O)N(CC)CC)c1cc(OCc2ccc(N)c(N=O)c2)ccc1C)C(C)=O. The van der Waals surface area contributed by atoms with Crippen LogP contribution in [0.25, 0.3) is 5.57 Å². The van der Waals surface area contributed by atoms with Gasteiger partial charge in [0.25, 0.3) is 5.91 Å². The number of carbonyl (C=O) groups is 2. The third-order valence-corrected chi connectivity index (χ3v) is 5.51. The molecule has 0 aromatic heterocycles. The molecule has 7 heteroatoms. The maximum Gasteiger partial charge on any atom is 0.254 e. The topological polar surface area (TPSA) is 102 Å². The fourth-order valence-electron chi connectivity index (χ4n) is 3.52. The number of amides is 1. The van der Waals surface area contributed by atoms with Crippen LogP contribution in [0.2, 0.25) is 0 Å². The molecule has 194 valence electrons. The van der Waals surface area contributed by atoms with Gasteiger partial charge in [0, 0.05) is 24.2 Å². The maximum absolute atomic E-state index is 13.4. The van der Waals surface area contributed by atoms with Crippen LogP contribution in [-0.4, -0.2) is 29.7 Å². The summed E-state index contributed by atoms with van der Waals surface area (Å²) in [4.78, 5) is 38.3. The number of anilines is 1. The van der Waals surface area contributed by atoms with Gasteiger partial charge in [-0.2, -0.15) is 0 Å². The predicted molar refractivity (Wildman–Crippen MR) is 148 cm³/mol. The molecule has 2 rings (SSSR count). The Morgan fingerprint density at radius 3 is 2.28 bits per heavy atom. The van der Waals surface area contributed by atoms with E-state index < -0.39 is 0 Å². The second-order valence-electron chi connectivity index (χ2n) is 7.91. The number of ketones is 1. The van der Waals surface area contributed by atoms with Crippen molar-refractivity contribution < 1.29 is 14.3 Å². The van der Waals surface area contributed by atoms with E-state index in [0.29, 0.717) is 47.7 Å². The molecule has 2 N–H and O–H groups in total. The fourth-order valence-corrected chi connectivity index (χ4v) is 3.52. The molecule has 0 fully saturated rings. The highest BCUT2D eigenvalue weighted by Gasteiger charge is 2.21. The Hall–Kier alpha value is -3.74. The lowest BCUT2D eigenvalue weighted by atomic mass is 9.95. The van der Waals surface area contributed by atoms with E-state index >= 15 is 0 Å². The zero-order valence-electron chi connectivity index (χ0n) is 22.6. The highest BCUT2D eigenvalue weighted by atomic mass is 16.5. The smallest absolute Gasteiger partial charge is 0.254 e. The van der Waals surface area contributed by atoms with E-state index in [1.165, 1.54) is 6.92 Å². The van der Waals surface area contributed by atoms with Gasteiger partial charge in [-0.05, 0) is 86.3 Å². The molecule has 0 saturated heterocycles. The number of benzene rings is 2. The standard InChI is InChI=1S/C27H33N3O4.C2H6/c1-6-9-21(19(5)31)15-24(27(32)30(7-2)8-3)23-16-22(12-10-18(23)4)34-17-20-11-13-25(28)26(14-20)29-33;1-2/h9-16H,6-8,17,28H2,1-5H3;1-2H3/b21-9-,24-15+;. The number of nitrogen functional groups attached to an aromatic ring is 1. The van der Waals surface area contributed by atoms with Crippen LogP contribution in [0, 0.1) is 11.8 Å². The fraction of sp³-hybridized carbons (Fsp3) is 0.379. The minimum absolute atomic E-state index is 0.0975. The van der Waals surface area contributed by atoms with Crippen LogP contribution >= 0.6 is 0 Å². The zero-order valence-corrected chi connectivity index (χ0v) is 22.6. The molecule has 0 heterocycles. The molecule has 7 nitrogen and oxygen atoms in total. The molecule has 0 spiro atoms. The number of Topliss-reactive ketones (excluding diaryl/α,β-unsaturated/α-hetero) is 1. The first-order chi connectivity index (χ1) is 17.2. The van der Waals surface area contributed by atoms with Crippen molar-refractivity contribution in [3.05, 3.63) is 75.7 Å². The van der Waals surface area contributed by atoms with Crippen molar-refractivity contribution in [2.24, 2.45) is 5.18 Å². The first kappa shape index (κ1) is 30.3. The van der Waals surface area contributed by atoms with Crippen molar-refractivity contribution in [1.29, 1.82) is 0 Å². The van der Waals surface area contributed by atoms with E-state index in [4.69, 9.17) is 10.5 Å². The number of carbonyl (C=O) groups excluding carboxylic acids is 2. The highest BCUT2D eigenvalue weighted by Crippen LogP contribution is 2.29. The Morgan fingerprint density at radius 1 is 1.06 bits per heavy atom. The summed E-state index contributed by atoms with van der Waals surface area (Å²) in [7, 11) is 0. The average Bonchev–Trinajstić information content (AvgIpc) is 2.88. The minimum Gasteiger partial charge on any atom is -0.489 e. The molecule has 2 aromatic carbocycles. The number of aryl methyl sites for hydroxylation is 1. The third kappa shape index (κ3) is 8.18. The molecular formula is C29H39N3O4. The van der Waals surface area contributed by atoms with Gasteiger partial charge in [0.2, 0.25) is 0 Å². The summed E-state index contributed by atoms with van der Waals surface area (Å²) in [6.45, 7) is 14.5. The number of ether oxygens (including phenoxy) is 1. The molecule has 0 bridgehead atoms. The van der Waals surface area contributed by atoms with E-state index in [-0.39, 0.29) is 24.0 Å². The molecule has 0 saturated carbocycles. The molecule has 2 aromatic rings. The number of nitrogens with zero attached hydrogens (tertiary/aromatic N) is 2. The number of allylic oxidation sites excluding steroid dienone is 3. The second kappa shape index (κ2) is 15.3. The summed E-state index contributed by atoms with van der Waals surface area (Å²) in [5.41, 5.74) is 9.48. The second-order valence-corrected chi connectivity index (χ2v) is 7.91. The van der Waals surface area contributed by atoms with Crippen LogP contribution < -0.4 is 10.5 Å². The number of nitroso groups, excluding NO2 is 1. The third-order valence-electron chi connectivity index (χ3n) is 5.51. The van der Waals surface area contributed by atoms with E-state index in [1.54, 1.807) is 29.2 Å². The summed E-state index contributed by atoms with van der Waals surface area (Å²) in [6.07, 6.45) is 4.19. The first-order valence-corrected chi connectivity index (χ1v) is 12.4. The summed E-state index contributed by atoms with van der Waals surface area (Å²) >= 11 is 0.